The van der Waals surface area contributed by atoms with Crippen molar-refractivity contribution < 1.29 is 22.7 Å². The summed E-state index contributed by atoms with van der Waals surface area (Å²) in [7, 11) is 1.98. The smallest absolute Gasteiger partial charge is 0.366 e. The van der Waals surface area contributed by atoms with E-state index in [0.717, 1.165) is 19.3 Å². The monoisotopic (exact) mass is 356 g/mol. The van der Waals surface area contributed by atoms with E-state index >= 15 is 0 Å². The highest BCUT2D eigenvalue weighted by atomic mass is 19.4. The van der Waals surface area contributed by atoms with Gasteiger partial charge in [0.2, 0.25) is 5.91 Å². The number of nitrogens with two attached hydrogens (primary N) is 1. The molecular formula is C18H23F3N2O2. The third-order valence-electron chi connectivity index (χ3n) is 5.46. The van der Waals surface area contributed by atoms with Gasteiger partial charge in [0, 0.05) is 30.5 Å². The molecule has 138 valence electrons. The molecule has 3 rings (SSSR count). The van der Waals surface area contributed by atoms with Crippen molar-refractivity contribution >= 4 is 5.91 Å². The Kier molecular flexibility index (Phi) is 4.81. The number of primary amides is 1. The van der Waals surface area contributed by atoms with Crippen molar-refractivity contribution in [3.05, 3.63) is 35.4 Å². The van der Waals surface area contributed by atoms with Crippen LogP contribution in [0.4, 0.5) is 13.2 Å². The van der Waals surface area contributed by atoms with E-state index in [1.165, 1.54) is 0 Å². The van der Waals surface area contributed by atoms with Gasteiger partial charge in [-0.3, -0.25) is 4.79 Å². The fourth-order valence-electron chi connectivity index (χ4n) is 4.56. The standard InChI is InChI=1S/C18H23F3N2O2/c1-23-9-14-6-3-7-15(10-23)18(14,25-11-17(19,20)21)13-5-2-4-12(8-13)16(22)24/h2,4-5,8,14-15H,3,6-7,9-11H2,1H3,(H2,22,24)/t14-,15+,18-. The van der Waals surface area contributed by atoms with E-state index < -0.39 is 24.3 Å². The van der Waals surface area contributed by atoms with E-state index in [1.54, 1.807) is 24.3 Å². The Labute approximate surface area is 145 Å². The van der Waals surface area contributed by atoms with Gasteiger partial charge in [0.1, 0.15) is 12.2 Å². The Bertz CT molecular complexity index is 633. The van der Waals surface area contributed by atoms with Crippen LogP contribution in [-0.4, -0.2) is 43.7 Å². The van der Waals surface area contributed by atoms with Crippen LogP contribution in [0.2, 0.25) is 0 Å². The normalized spacial score (nSPS) is 30.2. The van der Waals surface area contributed by atoms with Gasteiger partial charge in [0.15, 0.2) is 0 Å². The zero-order chi connectivity index (χ0) is 18.2. The summed E-state index contributed by atoms with van der Waals surface area (Å²) in [6, 6.07) is 6.62. The first-order chi connectivity index (χ1) is 11.7. The average molecular weight is 356 g/mol. The molecule has 0 unspecified atom stereocenters. The molecule has 0 spiro atoms. The maximum absolute atomic E-state index is 12.9. The van der Waals surface area contributed by atoms with Crippen molar-refractivity contribution in [2.45, 2.75) is 31.0 Å². The van der Waals surface area contributed by atoms with Crippen LogP contribution in [0.3, 0.4) is 0 Å². The lowest BCUT2D eigenvalue weighted by Gasteiger charge is -2.55. The maximum atomic E-state index is 12.9. The van der Waals surface area contributed by atoms with Crippen molar-refractivity contribution in [1.29, 1.82) is 0 Å². The molecule has 1 heterocycles. The molecule has 2 aliphatic rings. The molecule has 4 nitrogen and oxygen atoms in total. The molecule has 0 radical (unpaired) electrons. The van der Waals surface area contributed by atoms with Crippen molar-refractivity contribution in [3.63, 3.8) is 0 Å². The van der Waals surface area contributed by atoms with Crippen LogP contribution < -0.4 is 5.73 Å². The van der Waals surface area contributed by atoms with Gasteiger partial charge >= 0.3 is 6.18 Å². The summed E-state index contributed by atoms with van der Waals surface area (Å²) in [6.07, 6.45) is -1.80. The summed E-state index contributed by atoms with van der Waals surface area (Å²) in [4.78, 5) is 13.7. The Balaban J connectivity index is 2.06. The van der Waals surface area contributed by atoms with Crippen molar-refractivity contribution in [2.75, 3.05) is 26.7 Å². The highest BCUT2D eigenvalue weighted by molar-refractivity contribution is 5.92. The molecule has 7 heteroatoms. The van der Waals surface area contributed by atoms with Crippen LogP contribution in [0, 0.1) is 11.8 Å². The topological polar surface area (TPSA) is 55.6 Å². The number of ether oxygens (including phenoxy) is 1. The number of benzene rings is 1. The minimum absolute atomic E-state index is 0.0459. The van der Waals surface area contributed by atoms with Crippen LogP contribution in [0.5, 0.6) is 0 Å². The number of rotatable bonds is 4. The predicted molar refractivity (Wildman–Crippen MR) is 87.0 cm³/mol. The molecule has 1 aliphatic carbocycles. The number of hydrogen-bond donors (Lipinski definition) is 1. The van der Waals surface area contributed by atoms with Gasteiger partial charge in [-0.2, -0.15) is 13.2 Å². The largest absolute Gasteiger partial charge is 0.411 e. The van der Waals surface area contributed by atoms with Gasteiger partial charge in [-0.05, 0) is 37.6 Å². The number of piperidine rings is 1. The highest BCUT2D eigenvalue weighted by Gasteiger charge is 2.54. The van der Waals surface area contributed by atoms with E-state index in [-0.39, 0.29) is 11.8 Å². The predicted octanol–water partition coefficient (Wildman–Crippen LogP) is 2.92. The second-order valence-corrected chi connectivity index (χ2v) is 7.19. The van der Waals surface area contributed by atoms with E-state index in [1.807, 2.05) is 7.05 Å². The number of amides is 1. The van der Waals surface area contributed by atoms with Crippen molar-refractivity contribution in [1.82, 2.24) is 4.90 Å². The van der Waals surface area contributed by atoms with Gasteiger partial charge in [0.05, 0.1) is 0 Å². The Hall–Kier alpha value is -1.60. The Morgan fingerprint density at radius 1 is 1.32 bits per heavy atom. The molecule has 2 fully saturated rings. The minimum atomic E-state index is -4.40. The minimum Gasteiger partial charge on any atom is -0.366 e. The first-order valence-corrected chi connectivity index (χ1v) is 8.52. The lowest BCUT2D eigenvalue weighted by atomic mass is 9.62. The molecule has 1 saturated heterocycles. The third kappa shape index (κ3) is 3.53. The van der Waals surface area contributed by atoms with Crippen molar-refractivity contribution in [2.24, 2.45) is 17.6 Å². The van der Waals surface area contributed by atoms with Crippen LogP contribution in [0.25, 0.3) is 0 Å². The van der Waals surface area contributed by atoms with Crippen LogP contribution in [0.1, 0.15) is 35.2 Å². The fraction of sp³-hybridized carbons (Fsp3) is 0.611. The molecule has 25 heavy (non-hydrogen) atoms. The summed E-state index contributed by atoms with van der Waals surface area (Å²) >= 11 is 0. The Morgan fingerprint density at radius 2 is 1.96 bits per heavy atom. The van der Waals surface area contributed by atoms with Crippen molar-refractivity contribution in [3.8, 4) is 0 Å². The molecular weight excluding hydrogens is 333 g/mol. The highest BCUT2D eigenvalue weighted by Crippen LogP contribution is 2.52. The molecule has 3 atom stereocenters. The van der Waals surface area contributed by atoms with Gasteiger partial charge in [-0.25, -0.2) is 0 Å². The molecule has 1 aromatic rings. The number of nitrogens with zero attached hydrogens (tertiary/aromatic N) is 1. The summed E-state index contributed by atoms with van der Waals surface area (Å²) in [5.41, 5.74) is 5.28. The lowest BCUT2D eigenvalue weighted by Crippen LogP contribution is -2.59. The fourth-order valence-corrected chi connectivity index (χ4v) is 4.56. The Morgan fingerprint density at radius 3 is 2.52 bits per heavy atom. The molecule has 1 aliphatic heterocycles. The van der Waals surface area contributed by atoms with Gasteiger partial charge in [0.25, 0.3) is 0 Å². The SMILES string of the molecule is CN1C[C@H]2CCC[C@@H](C1)[C@@]2(OCC(F)(F)F)c1cccc(C(N)=O)c1. The molecule has 1 saturated carbocycles. The third-order valence-corrected chi connectivity index (χ3v) is 5.46. The van der Waals surface area contributed by atoms with Crippen LogP contribution in [0.15, 0.2) is 24.3 Å². The molecule has 1 amide bonds. The van der Waals surface area contributed by atoms with E-state index in [0.29, 0.717) is 24.2 Å². The first-order valence-electron chi connectivity index (χ1n) is 8.52. The number of hydrogen-bond acceptors (Lipinski definition) is 3. The molecule has 2 bridgehead atoms. The zero-order valence-electron chi connectivity index (χ0n) is 14.2. The van der Waals surface area contributed by atoms with Crippen LogP contribution >= 0.6 is 0 Å². The number of carbonyl (C=O) groups is 1. The molecule has 2 N–H and O–H groups in total. The quantitative estimate of drug-likeness (QED) is 0.903. The average Bonchev–Trinajstić information content (AvgIpc) is 2.52. The van der Waals surface area contributed by atoms with Gasteiger partial charge in [-0.1, -0.05) is 18.6 Å². The van der Waals surface area contributed by atoms with Gasteiger partial charge < -0.3 is 15.4 Å². The summed E-state index contributed by atoms with van der Waals surface area (Å²) in [5, 5.41) is 0. The van der Waals surface area contributed by atoms with E-state index in [9.17, 15) is 18.0 Å². The van der Waals surface area contributed by atoms with E-state index in [4.69, 9.17) is 10.5 Å². The number of alkyl halides is 3. The maximum Gasteiger partial charge on any atom is 0.411 e. The second-order valence-electron chi connectivity index (χ2n) is 7.19. The summed E-state index contributed by atoms with van der Waals surface area (Å²) in [5.74, 6) is -0.683. The summed E-state index contributed by atoms with van der Waals surface area (Å²) < 4.78 is 44.5. The number of likely N-dealkylation sites (tertiary alicyclic amines) is 1. The lowest BCUT2D eigenvalue weighted by molar-refractivity contribution is -0.251. The number of carbonyl (C=O) groups excluding carboxylic acids is 1. The van der Waals surface area contributed by atoms with Gasteiger partial charge in [-0.15, -0.1) is 0 Å². The van der Waals surface area contributed by atoms with E-state index in [2.05, 4.69) is 4.90 Å². The number of fused-ring (bicyclic) bond motifs is 2. The zero-order valence-corrected chi connectivity index (χ0v) is 14.2. The second kappa shape index (κ2) is 6.61. The molecule has 1 aromatic carbocycles. The first kappa shape index (κ1) is 18.2. The summed E-state index contributed by atoms with van der Waals surface area (Å²) in [6.45, 7) is 0.0643. The van der Waals surface area contributed by atoms with Crippen LogP contribution in [-0.2, 0) is 10.3 Å². The molecule has 0 aromatic heterocycles. The number of halogens is 3.